The van der Waals surface area contributed by atoms with Crippen molar-refractivity contribution in [3.63, 3.8) is 0 Å². The van der Waals surface area contributed by atoms with E-state index in [0.717, 1.165) is 10.8 Å². The SMILES string of the molecule is CN(CCN1C(=O)c2cccc3cccc(c23)C1=O)CCN1C(=O)c2cccc3cccc(c23)C1=O.Cl. The fourth-order valence-electron chi connectivity index (χ4n) is 5.22. The third-order valence-corrected chi connectivity index (χ3v) is 7.12. The monoisotopic (exact) mass is 513 g/mol. The maximum Gasteiger partial charge on any atom is 0.261 e. The van der Waals surface area contributed by atoms with Gasteiger partial charge in [0.1, 0.15) is 0 Å². The predicted octanol–water partition coefficient (Wildman–Crippen LogP) is 4.24. The normalized spacial score (nSPS) is 14.6. The molecule has 4 aromatic rings. The number of hydrogen-bond acceptors (Lipinski definition) is 5. The average molecular weight is 514 g/mol. The summed E-state index contributed by atoms with van der Waals surface area (Å²) in [5, 5.41) is 3.15. The van der Waals surface area contributed by atoms with Crippen molar-refractivity contribution < 1.29 is 19.2 Å². The summed E-state index contributed by atoms with van der Waals surface area (Å²) in [6.07, 6.45) is 0. The third-order valence-electron chi connectivity index (χ3n) is 7.12. The topological polar surface area (TPSA) is 78.0 Å². The highest BCUT2D eigenvalue weighted by Crippen LogP contribution is 2.31. The van der Waals surface area contributed by atoms with Crippen LogP contribution in [-0.2, 0) is 0 Å². The van der Waals surface area contributed by atoms with E-state index in [4.69, 9.17) is 0 Å². The van der Waals surface area contributed by atoms with Crippen LogP contribution in [0.3, 0.4) is 0 Å². The lowest BCUT2D eigenvalue weighted by Gasteiger charge is -2.30. The molecule has 186 valence electrons. The molecule has 4 aromatic carbocycles. The van der Waals surface area contributed by atoms with Crippen LogP contribution >= 0.6 is 12.4 Å². The van der Waals surface area contributed by atoms with Crippen molar-refractivity contribution >= 4 is 57.6 Å². The first-order chi connectivity index (χ1) is 17.5. The summed E-state index contributed by atoms with van der Waals surface area (Å²) in [5.74, 6) is -1.21. The van der Waals surface area contributed by atoms with Gasteiger partial charge in [0.05, 0.1) is 0 Å². The summed E-state index contributed by atoms with van der Waals surface area (Å²) >= 11 is 0. The first-order valence-corrected chi connectivity index (χ1v) is 11.9. The van der Waals surface area contributed by atoms with Gasteiger partial charge >= 0.3 is 0 Å². The highest BCUT2D eigenvalue weighted by molar-refractivity contribution is 6.26. The summed E-state index contributed by atoms with van der Waals surface area (Å²) in [6.45, 7) is 1.25. The van der Waals surface area contributed by atoms with Gasteiger partial charge in [0, 0.05) is 59.2 Å². The molecule has 0 radical (unpaired) electrons. The highest BCUT2D eigenvalue weighted by Gasteiger charge is 2.34. The van der Waals surface area contributed by atoms with Gasteiger partial charge in [-0.05, 0) is 42.1 Å². The lowest BCUT2D eigenvalue weighted by atomic mass is 9.94. The van der Waals surface area contributed by atoms with E-state index in [-0.39, 0.29) is 49.1 Å². The van der Waals surface area contributed by atoms with Crippen molar-refractivity contribution in [2.24, 2.45) is 0 Å². The molecule has 2 aliphatic heterocycles. The van der Waals surface area contributed by atoms with Gasteiger partial charge in [0.25, 0.3) is 23.6 Å². The van der Waals surface area contributed by atoms with Crippen molar-refractivity contribution in [3.8, 4) is 0 Å². The first kappa shape index (κ1) is 24.6. The second-order valence-corrected chi connectivity index (χ2v) is 9.25. The van der Waals surface area contributed by atoms with Crippen LogP contribution in [0.1, 0.15) is 41.4 Å². The van der Waals surface area contributed by atoms with Crippen LogP contribution in [0.5, 0.6) is 0 Å². The molecule has 0 unspecified atom stereocenters. The summed E-state index contributed by atoms with van der Waals surface area (Å²) in [7, 11) is 1.85. The minimum atomic E-state index is -0.302. The number of carbonyl (C=O) groups is 4. The van der Waals surface area contributed by atoms with Crippen molar-refractivity contribution in [1.82, 2.24) is 14.7 Å². The van der Waals surface area contributed by atoms with E-state index < -0.39 is 0 Å². The lowest BCUT2D eigenvalue weighted by Crippen LogP contribution is -2.46. The standard InChI is InChI=1S/C29H23N3O4.ClH/c1-30(14-16-31-26(33)20-10-2-6-18-7-3-11-21(24(18)20)27(31)34)15-17-32-28(35)22-12-4-8-19-9-5-13-23(25(19)22)29(32)36;/h2-13H,14-17H2,1H3;1H. The molecule has 0 aliphatic carbocycles. The molecule has 7 nitrogen and oxygen atoms in total. The molecule has 4 amide bonds. The van der Waals surface area contributed by atoms with Gasteiger partial charge in [0.15, 0.2) is 0 Å². The molecule has 0 saturated carbocycles. The Morgan fingerprint density at radius 1 is 0.541 bits per heavy atom. The summed E-state index contributed by atoms with van der Waals surface area (Å²) in [5.41, 5.74) is 2.12. The van der Waals surface area contributed by atoms with Crippen molar-refractivity contribution in [2.45, 2.75) is 0 Å². The zero-order chi connectivity index (χ0) is 25.0. The molecule has 0 spiro atoms. The molecule has 37 heavy (non-hydrogen) atoms. The number of hydrogen-bond donors (Lipinski definition) is 0. The number of likely N-dealkylation sites (N-methyl/N-ethyl adjacent to an activating group) is 1. The zero-order valence-electron chi connectivity index (χ0n) is 20.1. The van der Waals surface area contributed by atoms with Crippen LogP contribution in [0.25, 0.3) is 21.5 Å². The van der Waals surface area contributed by atoms with Crippen LogP contribution in [0.4, 0.5) is 0 Å². The molecular weight excluding hydrogens is 490 g/mol. The number of rotatable bonds is 6. The van der Waals surface area contributed by atoms with Crippen LogP contribution in [0.15, 0.2) is 72.8 Å². The van der Waals surface area contributed by atoms with E-state index in [1.807, 2.05) is 60.5 Å². The van der Waals surface area contributed by atoms with E-state index in [1.54, 1.807) is 24.3 Å². The fraction of sp³-hybridized carbons (Fsp3) is 0.172. The van der Waals surface area contributed by atoms with Gasteiger partial charge in [-0.3, -0.25) is 29.0 Å². The minimum absolute atomic E-state index is 0. The van der Waals surface area contributed by atoms with Crippen molar-refractivity contribution in [1.29, 1.82) is 0 Å². The molecule has 0 aromatic heterocycles. The minimum Gasteiger partial charge on any atom is -0.303 e. The third kappa shape index (κ3) is 3.87. The number of amides is 4. The quantitative estimate of drug-likeness (QED) is 0.360. The molecular formula is C29H24ClN3O4. The van der Waals surface area contributed by atoms with Gasteiger partial charge in [-0.15, -0.1) is 12.4 Å². The molecule has 0 N–H and O–H groups in total. The molecule has 2 heterocycles. The van der Waals surface area contributed by atoms with Crippen molar-refractivity contribution in [2.75, 3.05) is 33.2 Å². The Labute approximate surface area is 219 Å². The number of carbonyl (C=O) groups excluding carboxylic acids is 4. The number of halogens is 1. The summed E-state index contributed by atoms with van der Waals surface area (Å²) in [4.78, 5) is 56.9. The van der Waals surface area contributed by atoms with E-state index >= 15 is 0 Å². The van der Waals surface area contributed by atoms with Crippen LogP contribution in [0, 0.1) is 0 Å². The van der Waals surface area contributed by atoms with E-state index in [2.05, 4.69) is 0 Å². The second-order valence-electron chi connectivity index (χ2n) is 9.25. The Morgan fingerprint density at radius 3 is 1.14 bits per heavy atom. The van der Waals surface area contributed by atoms with Crippen molar-refractivity contribution in [3.05, 3.63) is 95.1 Å². The van der Waals surface area contributed by atoms with E-state index in [9.17, 15) is 19.2 Å². The average Bonchev–Trinajstić information content (AvgIpc) is 2.90. The summed E-state index contributed by atoms with van der Waals surface area (Å²) in [6, 6.07) is 21.9. The molecule has 0 bridgehead atoms. The van der Waals surface area contributed by atoms with Gasteiger partial charge in [-0.25, -0.2) is 0 Å². The zero-order valence-corrected chi connectivity index (χ0v) is 21.0. The van der Waals surface area contributed by atoms with Gasteiger partial charge in [0.2, 0.25) is 0 Å². The lowest BCUT2D eigenvalue weighted by molar-refractivity contribution is 0.0588. The molecule has 0 atom stereocenters. The molecule has 6 rings (SSSR count). The van der Waals surface area contributed by atoms with Gasteiger partial charge in [-0.2, -0.15) is 0 Å². The predicted molar refractivity (Wildman–Crippen MR) is 143 cm³/mol. The maximum atomic E-state index is 13.1. The second kappa shape index (κ2) is 9.42. The Kier molecular flexibility index (Phi) is 6.27. The number of nitrogens with zero attached hydrogens (tertiary/aromatic N) is 3. The fourth-order valence-corrected chi connectivity index (χ4v) is 5.22. The van der Waals surface area contributed by atoms with Gasteiger partial charge in [-0.1, -0.05) is 48.5 Å². The van der Waals surface area contributed by atoms with Crippen LogP contribution in [0.2, 0.25) is 0 Å². The molecule has 0 saturated heterocycles. The number of imide groups is 2. The first-order valence-electron chi connectivity index (χ1n) is 11.9. The van der Waals surface area contributed by atoms with E-state index in [1.165, 1.54) is 9.80 Å². The highest BCUT2D eigenvalue weighted by atomic mass is 35.5. The maximum absolute atomic E-state index is 13.1. The Bertz CT molecular complexity index is 1400. The van der Waals surface area contributed by atoms with Gasteiger partial charge < -0.3 is 4.90 Å². The largest absolute Gasteiger partial charge is 0.303 e. The van der Waals surface area contributed by atoms with Crippen LogP contribution in [-0.4, -0.2) is 71.6 Å². The Balaban J connectivity index is 0.00000280. The molecule has 0 fully saturated rings. The Hall–Kier alpha value is -4.07. The summed E-state index contributed by atoms with van der Waals surface area (Å²) < 4.78 is 0. The molecule has 8 heteroatoms. The molecule has 2 aliphatic rings. The Morgan fingerprint density at radius 2 is 0.838 bits per heavy atom. The smallest absolute Gasteiger partial charge is 0.261 e. The van der Waals surface area contributed by atoms with E-state index in [0.29, 0.717) is 46.1 Å². The number of benzene rings is 4. The van der Waals surface area contributed by atoms with Crippen LogP contribution < -0.4 is 0 Å².